The van der Waals surface area contributed by atoms with Crippen LogP contribution >= 0.6 is 0 Å². The van der Waals surface area contributed by atoms with Gasteiger partial charge in [-0.25, -0.2) is 0 Å². The predicted molar refractivity (Wildman–Crippen MR) is 113 cm³/mol. The molecule has 0 unspecified atom stereocenters. The van der Waals surface area contributed by atoms with Gasteiger partial charge in [0.15, 0.2) is 0 Å². The van der Waals surface area contributed by atoms with Crippen LogP contribution < -0.4 is 4.74 Å². The molecule has 2 aliphatic rings. The summed E-state index contributed by atoms with van der Waals surface area (Å²) in [5, 5.41) is 0. The zero-order chi connectivity index (χ0) is 19.5. The van der Waals surface area contributed by atoms with E-state index < -0.39 is 0 Å². The third-order valence-corrected chi connectivity index (χ3v) is 4.86. The van der Waals surface area contributed by atoms with Gasteiger partial charge in [-0.3, -0.25) is 0 Å². The second kappa shape index (κ2) is 12.3. The number of nitrogens with zero attached hydrogens (tertiary/aromatic N) is 3. The Morgan fingerprint density at radius 3 is 1.96 bits per heavy atom. The van der Waals surface area contributed by atoms with Crippen molar-refractivity contribution in [3.63, 3.8) is 0 Å². The molecular formula is C22H41N3O. The van der Waals surface area contributed by atoms with Gasteiger partial charge in [0, 0.05) is 26.2 Å². The minimum Gasteiger partial charge on any atom is -0.496 e. The van der Waals surface area contributed by atoms with E-state index in [1.807, 2.05) is 0 Å². The second-order valence-electron chi connectivity index (χ2n) is 7.75. The van der Waals surface area contributed by atoms with E-state index in [0.29, 0.717) is 0 Å². The summed E-state index contributed by atoms with van der Waals surface area (Å²) in [7, 11) is 8.29. The summed E-state index contributed by atoms with van der Waals surface area (Å²) in [4.78, 5) is 7.13. The van der Waals surface area contributed by atoms with E-state index in [9.17, 15) is 0 Å². The molecule has 0 amide bonds. The molecule has 4 nitrogen and oxygen atoms in total. The predicted octanol–water partition coefficient (Wildman–Crippen LogP) is 3.66. The fourth-order valence-corrected chi connectivity index (χ4v) is 3.25. The van der Waals surface area contributed by atoms with E-state index >= 15 is 0 Å². The van der Waals surface area contributed by atoms with Crippen LogP contribution in [0.3, 0.4) is 0 Å². The Morgan fingerprint density at radius 2 is 1.42 bits per heavy atom. The number of benzene rings is 1. The maximum atomic E-state index is 5.33. The van der Waals surface area contributed by atoms with Crippen molar-refractivity contribution < 1.29 is 4.74 Å². The molecule has 4 heteroatoms. The van der Waals surface area contributed by atoms with Gasteiger partial charge in [0.2, 0.25) is 0 Å². The smallest absolute Gasteiger partial charge is 0.122 e. The van der Waals surface area contributed by atoms with Crippen LogP contribution in [0.5, 0.6) is 5.75 Å². The van der Waals surface area contributed by atoms with Gasteiger partial charge in [-0.2, -0.15) is 0 Å². The highest BCUT2D eigenvalue weighted by Gasteiger charge is 2.14. The van der Waals surface area contributed by atoms with Gasteiger partial charge < -0.3 is 19.4 Å². The summed E-state index contributed by atoms with van der Waals surface area (Å²) in [6.45, 7) is 13.6. The summed E-state index contributed by atoms with van der Waals surface area (Å²) >= 11 is 0. The zero-order valence-corrected chi connectivity index (χ0v) is 18.3. The van der Waals surface area contributed by atoms with Gasteiger partial charge >= 0.3 is 0 Å². The first-order chi connectivity index (χ1) is 12.4. The molecule has 26 heavy (non-hydrogen) atoms. The second-order valence-corrected chi connectivity index (χ2v) is 7.75. The van der Waals surface area contributed by atoms with E-state index in [0.717, 1.165) is 18.7 Å². The molecule has 0 radical (unpaired) electrons. The lowest BCUT2D eigenvalue weighted by molar-refractivity contribution is 0.311. The van der Waals surface area contributed by atoms with Crippen molar-refractivity contribution >= 4 is 0 Å². The van der Waals surface area contributed by atoms with Crippen LogP contribution in [0.1, 0.15) is 43.4 Å². The lowest BCUT2D eigenvalue weighted by Gasteiger charge is -2.25. The zero-order valence-electron chi connectivity index (χ0n) is 18.3. The van der Waals surface area contributed by atoms with Gasteiger partial charge in [0.05, 0.1) is 7.11 Å². The van der Waals surface area contributed by atoms with Crippen LogP contribution in [-0.4, -0.2) is 75.7 Å². The normalized spacial score (nSPS) is 18.6. The van der Waals surface area contributed by atoms with E-state index in [2.05, 4.69) is 68.7 Å². The minimum absolute atomic E-state index is 1.01. The van der Waals surface area contributed by atoms with Crippen molar-refractivity contribution in [2.75, 3.05) is 61.0 Å². The van der Waals surface area contributed by atoms with Gasteiger partial charge in [0.25, 0.3) is 0 Å². The first-order valence-corrected chi connectivity index (χ1v) is 10.1. The average Bonchev–Trinajstić information content (AvgIpc) is 2.79. The molecule has 3 rings (SSSR count). The monoisotopic (exact) mass is 363 g/mol. The van der Waals surface area contributed by atoms with Crippen LogP contribution in [0.15, 0.2) is 12.1 Å². The highest BCUT2D eigenvalue weighted by Crippen LogP contribution is 2.26. The fourth-order valence-electron chi connectivity index (χ4n) is 3.25. The molecule has 0 bridgehead atoms. The average molecular weight is 364 g/mol. The Bertz CT molecular complexity index is 508. The Hall–Kier alpha value is -1.10. The van der Waals surface area contributed by atoms with Gasteiger partial charge in [-0.1, -0.05) is 26.3 Å². The van der Waals surface area contributed by atoms with Crippen molar-refractivity contribution in [3.8, 4) is 5.75 Å². The molecule has 1 aromatic carbocycles. The van der Waals surface area contributed by atoms with Crippen molar-refractivity contribution in [3.05, 3.63) is 28.8 Å². The maximum absolute atomic E-state index is 5.33. The number of fused-ring (bicyclic) bond motifs is 1. The van der Waals surface area contributed by atoms with E-state index in [1.165, 1.54) is 62.3 Å². The molecule has 0 aromatic heterocycles. The molecule has 1 aromatic rings. The number of rotatable bonds is 1. The SMILES string of the molecule is CCC.CN1CCCN(C)CC1.COc1cc2c(cc1C)CCN(C)C2. The van der Waals surface area contributed by atoms with Crippen LogP contribution in [0.2, 0.25) is 0 Å². The quantitative estimate of drug-likeness (QED) is 0.758. The highest BCUT2D eigenvalue weighted by atomic mass is 16.5. The lowest BCUT2D eigenvalue weighted by atomic mass is 9.97. The molecule has 1 saturated heterocycles. The van der Waals surface area contributed by atoms with Crippen LogP contribution in [0.25, 0.3) is 0 Å². The Balaban J connectivity index is 0.000000243. The first-order valence-electron chi connectivity index (χ1n) is 10.1. The lowest BCUT2D eigenvalue weighted by Crippen LogP contribution is -2.26. The van der Waals surface area contributed by atoms with Gasteiger partial charge in [-0.15, -0.1) is 0 Å². The fraction of sp³-hybridized carbons (Fsp3) is 0.727. The van der Waals surface area contributed by atoms with Crippen molar-refractivity contribution in [1.82, 2.24) is 14.7 Å². The van der Waals surface area contributed by atoms with E-state index in [1.54, 1.807) is 7.11 Å². The molecule has 2 heterocycles. The number of likely N-dealkylation sites (N-methyl/N-ethyl adjacent to an activating group) is 3. The minimum atomic E-state index is 1.01. The maximum Gasteiger partial charge on any atom is 0.122 e. The van der Waals surface area contributed by atoms with Crippen molar-refractivity contribution in [1.29, 1.82) is 0 Å². The molecule has 1 fully saturated rings. The molecular weight excluding hydrogens is 322 g/mol. The molecule has 0 aliphatic carbocycles. The molecule has 0 atom stereocenters. The van der Waals surface area contributed by atoms with E-state index in [4.69, 9.17) is 4.74 Å². The number of hydrogen-bond donors (Lipinski definition) is 0. The van der Waals surface area contributed by atoms with Crippen molar-refractivity contribution in [2.45, 2.75) is 46.6 Å². The summed E-state index contributed by atoms with van der Waals surface area (Å²) in [5.41, 5.74) is 4.15. The molecule has 0 N–H and O–H groups in total. The summed E-state index contributed by atoms with van der Waals surface area (Å²) in [6, 6.07) is 4.45. The number of methoxy groups -OCH3 is 1. The number of aryl methyl sites for hydroxylation is 1. The highest BCUT2D eigenvalue weighted by molar-refractivity contribution is 5.43. The van der Waals surface area contributed by atoms with Crippen molar-refractivity contribution in [2.24, 2.45) is 0 Å². The topological polar surface area (TPSA) is 19.0 Å². The first kappa shape index (κ1) is 22.9. The molecule has 0 spiro atoms. The number of hydrogen-bond acceptors (Lipinski definition) is 4. The Morgan fingerprint density at radius 1 is 0.846 bits per heavy atom. The Kier molecular flexibility index (Phi) is 10.9. The molecule has 150 valence electrons. The van der Waals surface area contributed by atoms with Crippen LogP contribution in [0, 0.1) is 6.92 Å². The summed E-state index contributed by atoms with van der Waals surface area (Å²) in [6.07, 6.45) is 3.74. The standard InChI is InChI=1S/C12H17NO.C7H16N2.C3H8/c1-9-6-10-4-5-13(2)8-11(10)7-12(9)14-3;1-8-4-3-5-9(2)7-6-8;1-3-2/h6-7H,4-5,8H2,1-3H3;3-7H2,1-2H3;3H2,1-2H3. The summed E-state index contributed by atoms with van der Waals surface area (Å²) < 4.78 is 5.33. The van der Waals surface area contributed by atoms with Gasteiger partial charge in [0.1, 0.15) is 5.75 Å². The summed E-state index contributed by atoms with van der Waals surface area (Å²) in [5.74, 6) is 1.01. The third kappa shape index (κ3) is 8.07. The molecule has 2 aliphatic heterocycles. The Labute approximate surface area is 162 Å². The van der Waals surface area contributed by atoms with E-state index in [-0.39, 0.29) is 0 Å². The molecule has 0 saturated carbocycles. The largest absolute Gasteiger partial charge is 0.496 e. The third-order valence-electron chi connectivity index (χ3n) is 4.86. The van der Waals surface area contributed by atoms with Crippen LogP contribution in [0.4, 0.5) is 0 Å². The van der Waals surface area contributed by atoms with Crippen LogP contribution in [-0.2, 0) is 13.0 Å². The number of ether oxygens (including phenoxy) is 1. The van der Waals surface area contributed by atoms with Gasteiger partial charge in [-0.05, 0) is 76.8 Å².